The standard InChI is InChI=1S/2C14H11O2.Fe/c2*15-13(11-6-2-1-3-7-11)10-14(16)12-8-4-5-9-12;/h2*1-9H,10H2;/q-5;-1;. The Morgan fingerprint density at radius 2 is 1.03 bits per heavy atom. The van der Waals surface area contributed by atoms with Crippen LogP contribution >= 0.6 is 0 Å². The maximum atomic E-state index is 11.7. The normalized spacial score (nSPS) is 9.70. The van der Waals surface area contributed by atoms with Gasteiger partial charge in [-0.25, -0.2) is 12.1 Å². The molecule has 0 unspecified atom stereocenters. The number of ketones is 4. The summed E-state index contributed by atoms with van der Waals surface area (Å²) >= 11 is 0. The summed E-state index contributed by atoms with van der Waals surface area (Å²) in [5.74, 6) is -0.517. The molecule has 0 aliphatic carbocycles. The zero-order valence-electron chi connectivity index (χ0n) is 17.8. The van der Waals surface area contributed by atoms with Crippen LogP contribution in [0, 0.1) is 0 Å². The van der Waals surface area contributed by atoms with Crippen molar-refractivity contribution in [2.24, 2.45) is 0 Å². The van der Waals surface area contributed by atoms with E-state index in [4.69, 9.17) is 0 Å². The number of Topliss-reactive ketones (excluding diaryl/α,β-unsaturated/α-hetero) is 4. The topological polar surface area (TPSA) is 68.3 Å². The number of hydrogen-bond donors (Lipinski definition) is 0. The molecule has 0 atom stereocenters. The SMILES string of the molecule is O=C(CC(=O)[c-]1[cH-][cH-][cH-][cH-]1)c1ccccc1.O=C(CC(=O)[c-]1cccc1)c1ccccc1.[Fe]. The number of carbonyl (C=O) groups is 4. The molecule has 4 aromatic rings. The molecule has 172 valence electrons. The first kappa shape index (κ1) is 25.6. The van der Waals surface area contributed by atoms with Crippen LogP contribution in [-0.4, -0.2) is 23.1 Å². The van der Waals surface area contributed by atoms with Gasteiger partial charge in [0.1, 0.15) is 11.6 Å². The van der Waals surface area contributed by atoms with Gasteiger partial charge in [-0.1, -0.05) is 72.6 Å². The van der Waals surface area contributed by atoms with Crippen LogP contribution in [-0.2, 0) is 17.1 Å². The van der Waals surface area contributed by atoms with Gasteiger partial charge in [-0.05, 0) is 0 Å². The maximum absolute atomic E-state index is 11.7. The van der Waals surface area contributed by atoms with Gasteiger partial charge >= 0.3 is 0 Å². The number of benzene rings is 2. The van der Waals surface area contributed by atoms with Gasteiger partial charge in [0.15, 0.2) is 5.78 Å². The largest absolute Gasteiger partial charge is 0.718 e. The number of hydrogen-bond acceptors (Lipinski definition) is 4. The minimum atomic E-state index is -0.133. The predicted molar refractivity (Wildman–Crippen MR) is 124 cm³/mol. The zero-order valence-corrected chi connectivity index (χ0v) is 18.9. The zero-order chi connectivity index (χ0) is 22.8. The molecule has 0 fully saturated rings. The molecule has 0 radical (unpaired) electrons. The summed E-state index contributed by atoms with van der Waals surface area (Å²) in [5, 5.41) is 0. The van der Waals surface area contributed by atoms with E-state index in [1.807, 2.05) is 12.1 Å². The molecule has 0 bridgehead atoms. The van der Waals surface area contributed by atoms with Crippen molar-refractivity contribution in [2.75, 3.05) is 0 Å². The third kappa shape index (κ3) is 7.76. The van der Waals surface area contributed by atoms with Gasteiger partial charge in [-0.3, -0.25) is 15.4 Å². The predicted octanol–water partition coefficient (Wildman–Crippen LogP) is 5.72. The number of rotatable bonds is 8. The molecule has 33 heavy (non-hydrogen) atoms. The third-order valence-corrected chi connectivity index (χ3v) is 4.80. The summed E-state index contributed by atoms with van der Waals surface area (Å²) in [6, 6.07) is 31.8. The Bertz CT molecular complexity index is 1060. The second-order valence-corrected chi connectivity index (χ2v) is 7.13. The summed E-state index contributed by atoms with van der Waals surface area (Å²) in [5.41, 5.74) is 2.37. The summed E-state index contributed by atoms with van der Waals surface area (Å²) in [7, 11) is 0. The molecule has 0 aliphatic rings. The van der Waals surface area contributed by atoms with Crippen molar-refractivity contribution in [3.8, 4) is 0 Å². The van der Waals surface area contributed by atoms with Gasteiger partial charge in [0.2, 0.25) is 0 Å². The monoisotopic (exact) mass is 478 g/mol. The first-order valence-electron chi connectivity index (χ1n) is 10.2. The number of carbonyl (C=O) groups excluding carboxylic acids is 4. The second kappa shape index (κ2) is 13.0. The fraction of sp³-hybridized carbons (Fsp3) is 0.0714. The molecule has 0 N–H and O–H groups in total. The van der Waals surface area contributed by atoms with E-state index in [9.17, 15) is 19.2 Å². The Morgan fingerprint density at radius 3 is 1.48 bits per heavy atom. The van der Waals surface area contributed by atoms with E-state index in [0.29, 0.717) is 22.3 Å². The van der Waals surface area contributed by atoms with E-state index in [2.05, 4.69) is 0 Å². The van der Waals surface area contributed by atoms with Gasteiger partial charge < -0.3 is 39.4 Å². The van der Waals surface area contributed by atoms with Crippen LogP contribution in [0.4, 0.5) is 0 Å². The van der Waals surface area contributed by atoms with E-state index in [1.54, 1.807) is 97.1 Å². The minimum Gasteiger partial charge on any atom is -0.718 e. The van der Waals surface area contributed by atoms with Crippen LogP contribution in [0.25, 0.3) is 0 Å². The molecule has 5 heteroatoms. The summed E-state index contributed by atoms with van der Waals surface area (Å²) in [4.78, 5) is 46.8. The second-order valence-electron chi connectivity index (χ2n) is 7.13. The van der Waals surface area contributed by atoms with Crippen molar-refractivity contribution >= 4 is 23.1 Å². The summed E-state index contributed by atoms with van der Waals surface area (Å²) in [6.07, 6.45) is -0.123. The van der Waals surface area contributed by atoms with Gasteiger partial charge in [-0.2, -0.15) is 12.1 Å². The van der Waals surface area contributed by atoms with Crippen molar-refractivity contribution in [3.05, 3.63) is 131 Å². The fourth-order valence-electron chi connectivity index (χ4n) is 3.07. The summed E-state index contributed by atoms with van der Waals surface area (Å²) in [6.45, 7) is 0. The molecule has 0 amide bonds. The molecule has 0 saturated carbocycles. The average molecular weight is 478 g/mol. The molecular formula is C28H22FeO4-6. The van der Waals surface area contributed by atoms with Crippen LogP contribution in [0.3, 0.4) is 0 Å². The smallest absolute Gasteiger partial charge is 0.169 e. The molecule has 4 nitrogen and oxygen atoms in total. The van der Waals surface area contributed by atoms with Crippen LogP contribution in [0.5, 0.6) is 0 Å². The Hall–Kier alpha value is -3.66. The van der Waals surface area contributed by atoms with E-state index in [-0.39, 0.29) is 53.0 Å². The van der Waals surface area contributed by atoms with E-state index < -0.39 is 0 Å². The summed E-state index contributed by atoms with van der Waals surface area (Å²) < 4.78 is 0. The van der Waals surface area contributed by atoms with Gasteiger partial charge in [0.25, 0.3) is 0 Å². The molecular weight excluding hydrogens is 456 g/mol. The van der Waals surface area contributed by atoms with Crippen LogP contribution < -0.4 is 0 Å². The average Bonchev–Trinajstić information content (AvgIpc) is 3.55. The molecule has 0 heterocycles. The Balaban J connectivity index is 0.000000227. The quantitative estimate of drug-likeness (QED) is 0.141. The van der Waals surface area contributed by atoms with Crippen LogP contribution in [0.2, 0.25) is 0 Å². The third-order valence-electron chi connectivity index (χ3n) is 4.80. The van der Waals surface area contributed by atoms with Gasteiger partial charge in [-0.15, -0.1) is 0 Å². The van der Waals surface area contributed by atoms with Crippen LogP contribution in [0.15, 0.2) is 109 Å². The molecule has 0 aromatic heterocycles. The maximum Gasteiger partial charge on any atom is 0.169 e. The van der Waals surface area contributed by atoms with Crippen molar-refractivity contribution in [1.29, 1.82) is 0 Å². The van der Waals surface area contributed by atoms with E-state index in [1.165, 1.54) is 0 Å². The van der Waals surface area contributed by atoms with Crippen molar-refractivity contribution in [1.82, 2.24) is 0 Å². The first-order valence-corrected chi connectivity index (χ1v) is 10.2. The van der Waals surface area contributed by atoms with Gasteiger partial charge in [0.05, 0.1) is 6.42 Å². The Morgan fingerprint density at radius 1 is 0.606 bits per heavy atom. The molecule has 0 aliphatic heterocycles. The van der Waals surface area contributed by atoms with Crippen molar-refractivity contribution < 1.29 is 36.2 Å². The van der Waals surface area contributed by atoms with Crippen LogP contribution in [0.1, 0.15) is 54.3 Å². The first-order chi connectivity index (χ1) is 15.5. The van der Waals surface area contributed by atoms with E-state index >= 15 is 0 Å². The molecule has 0 spiro atoms. The van der Waals surface area contributed by atoms with Crippen molar-refractivity contribution in [3.63, 3.8) is 0 Å². The molecule has 4 aromatic carbocycles. The molecule has 4 rings (SSSR count). The Kier molecular flexibility index (Phi) is 10.1. The van der Waals surface area contributed by atoms with E-state index in [0.717, 1.165) is 0 Å². The fourth-order valence-corrected chi connectivity index (χ4v) is 3.07. The van der Waals surface area contributed by atoms with Crippen molar-refractivity contribution in [2.45, 2.75) is 12.8 Å². The Labute approximate surface area is 203 Å². The van der Waals surface area contributed by atoms with Gasteiger partial charge in [0, 0.05) is 28.2 Å². The molecule has 0 saturated heterocycles. The minimum absolute atomic E-state index is 0.